The average Bonchev–Trinajstić information content (AvgIpc) is 3.07. The highest BCUT2D eigenvalue weighted by Gasteiger charge is 2.41. The fourth-order valence-electron chi connectivity index (χ4n) is 3.37. The minimum absolute atomic E-state index is 0.190. The highest BCUT2D eigenvalue weighted by Crippen LogP contribution is 2.32. The van der Waals surface area contributed by atoms with E-state index < -0.39 is 42.4 Å². The van der Waals surface area contributed by atoms with Crippen molar-refractivity contribution in [3.63, 3.8) is 0 Å². The SMILES string of the molecule is CC(C(=O)OCC(=O)NC(=O)Nc1ccc2c(c1)OCCO2)N1C(=O)c2ccccc2C1=O. The van der Waals surface area contributed by atoms with E-state index in [1.165, 1.54) is 19.1 Å². The zero-order chi connectivity index (χ0) is 23.5. The van der Waals surface area contributed by atoms with Crippen molar-refractivity contribution < 1.29 is 38.2 Å². The molecule has 0 radical (unpaired) electrons. The summed E-state index contributed by atoms with van der Waals surface area (Å²) in [4.78, 5) is 62.0. The van der Waals surface area contributed by atoms with Gasteiger partial charge in [0.1, 0.15) is 19.3 Å². The molecule has 2 N–H and O–H groups in total. The molecule has 170 valence electrons. The van der Waals surface area contributed by atoms with Gasteiger partial charge in [-0.15, -0.1) is 0 Å². The second kappa shape index (κ2) is 8.99. The van der Waals surface area contributed by atoms with Crippen LogP contribution >= 0.6 is 0 Å². The van der Waals surface area contributed by atoms with Crippen LogP contribution in [-0.2, 0) is 14.3 Å². The fourth-order valence-corrected chi connectivity index (χ4v) is 3.37. The van der Waals surface area contributed by atoms with Crippen molar-refractivity contribution in [2.45, 2.75) is 13.0 Å². The molecular formula is C22H19N3O8. The highest BCUT2D eigenvalue weighted by atomic mass is 16.6. The monoisotopic (exact) mass is 453 g/mol. The van der Waals surface area contributed by atoms with Gasteiger partial charge in [-0.3, -0.25) is 24.6 Å². The molecule has 11 nitrogen and oxygen atoms in total. The van der Waals surface area contributed by atoms with E-state index >= 15 is 0 Å². The summed E-state index contributed by atoms with van der Waals surface area (Å²) < 4.78 is 15.7. The molecule has 0 spiro atoms. The third-order valence-corrected chi connectivity index (χ3v) is 4.95. The van der Waals surface area contributed by atoms with Crippen LogP contribution in [0.5, 0.6) is 11.5 Å². The number of hydrogen-bond donors (Lipinski definition) is 2. The molecular weight excluding hydrogens is 434 g/mol. The fraction of sp³-hybridized carbons (Fsp3) is 0.227. The van der Waals surface area contributed by atoms with Crippen LogP contribution in [0.1, 0.15) is 27.6 Å². The molecule has 2 aliphatic heterocycles. The van der Waals surface area contributed by atoms with Crippen LogP contribution in [0.3, 0.4) is 0 Å². The maximum atomic E-state index is 12.4. The first-order chi connectivity index (χ1) is 15.8. The molecule has 0 bridgehead atoms. The molecule has 5 amide bonds. The first-order valence-corrected chi connectivity index (χ1v) is 9.99. The Morgan fingerprint density at radius 3 is 2.30 bits per heavy atom. The standard InChI is InChI=1S/C22H19N3O8/c1-12(25-19(27)14-4-2-3-5-15(14)20(25)28)21(29)33-11-18(26)24-22(30)23-13-6-7-16-17(10-13)32-9-8-31-16/h2-7,10,12H,8-9,11H2,1H3,(H2,23,24,26,30). The minimum Gasteiger partial charge on any atom is -0.486 e. The maximum absolute atomic E-state index is 12.4. The van der Waals surface area contributed by atoms with Gasteiger partial charge < -0.3 is 19.5 Å². The number of imide groups is 2. The van der Waals surface area contributed by atoms with Crippen LogP contribution in [0.25, 0.3) is 0 Å². The van der Waals surface area contributed by atoms with Gasteiger partial charge in [-0.05, 0) is 31.2 Å². The third-order valence-electron chi connectivity index (χ3n) is 4.95. The van der Waals surface area contributed by atoms with Gasteiger partial charge in [-0.2, -0.15) is 0 Å². The van der Waals surface area contributed by atoms with Crippen molar-refractivity contribution in [2.24, 2.45) is 0 Å². The average molecular weight is 453 g/mol. The lowest BCUT2D eigenvalue weighted by atomic mass is 10.1. The van der Waals surface area contributed by atoms with Gasteiger partial charge in [0, 0.05) is 11.8 Å². The van der Waals surface area contributed by atoms with Gasteiger partial charge in [0.2, 0.25) is 0 Å². The zero-order valence-corrected chi connectivity index (χ0v) is 17.5. The summed E-state index contributed by atoms with van der Waals surface area (Å²) in [6.07, 6.45) is 0. The molecule has 0 saturated carbocycles. The van der Waals surface area contributed by atoms with E-state index in [1.54, 1.807) is 30.3 Å². The molecule has 0 aliphatic carbocycles. The molecule has 33 heavy (non-hydrogen) atoms. The highest BCUT2D eigenvalue weighted by molar-refractivity contribution is 6.22. The Bertz CT molecular complexity index is 1130. The summed E-state index contributed by atoms with van der Waals surface area (Å²) >= 11 is 0. The molecule has 0 aromatic heterocycles. The van der Waals surface area contributed by atoms with Crippen molar-refractivity contribution in [1.82, 2.24) is 10.2 Å². The van der Waals surface area contributed by atoms with Crippen molar-refractivity contribution in [2.75, 3.05) is 25.1 Å². The number of carbonyl (C=O) groups is 5. The summed E-state index contributed by atoms with van der Waals surface area (Å²) in [5.74, 6) is -2.10. The topological polar surface area (TPSA) is 140 Å². The van der Waals surface area contributed by atoms with E-state index in [0.29, 0.717) is 30.4 Å². The molecule has 4 rings (SSSR count). The Morgan fingerprint density at radius 2 is 1.64 bits per heavy atom. The lowest BCUT2D eigenvalue weighted by Gasteiger charge is -2.20. The summed E-state index contributed by atoms with van der Waals surface area (Å²) in [6.45, 7) is 1.35. The minimum atomic E-state index is -1.25. The Kier molecular flexibility index (Phi) is 5.94. The van der Waals surface area contributed by atoms with Gasteiger partial charge >= 0.3 is 12.0 Å². The van der Waals surface area contributed by atoms with E-state index in [0.717, 1.165) is 4.90 Å². The van der Waals surface area contributed by atoms with E-state index in [1.807, 2.05) is 5.32 Å². The first-order valence-electron chi connectivity index (χ1n) is 9.99. The van der Waals surface area contributed by atoms with Gasteiger partial charge in [0.15, 0.2) is 18.1 Å². The summed E-state index contributed by atoms with van der Waals surface area (Å²) in [5.41, 5.74) is 0.743. The number of ether oxygens (including phenoxy) is 3. The third kappa shape index (κ3) is 4.47. The number of carbonyl (C=O) groups excluding carboxylic acids is 5. The van der Waals surface area contributed by atoms with E-state index in [2.05, 4.69) is 5.32 Å². The second-order valence-corrected chi connectivity index (χ2v) is 7.17. The quantitative estimate of drug-likeness (QED) is 0.510. The van der Waals surface area contributed by atoms with Crippen molar-refractivity contribution >= 4 is 35.4 Å². The molecule has 2 heterocycles. The molecule has 1 unspecified atom stereocenters. The first kappa shape index (κ1) is 21.8. The lowest BCUT2D eigenvalue weighted by molar-refractivity contribution is -0.151. The molecule has 11 heteroatoms. The van der Waals surface area contributed by atoms with Crippen LogP contribution in [0, 0.1) is 0 Å². The van der Waals surface area contributed by atoms with Crippen LogP contribution in [-0.4, -0.2) is 60.5 Å². The van der Waals surface area contributed by atoms with Crippen LogP contribution < -0.4 is 20.1 Å². The largest absolute Gasteiger partial charge is 0.486 e. The summed E-state index contributed by atoms with van der Waals surface area (Å²) in [7, 11) is 0. The van der Waals surface area contributed by atoms with Crippen molar-refractivity contribution in [3.8, 4) is 11.5 Å². The number of esters is 1. The normalized spacial score (nSPS) is 14.9. The molecule has 1 atom stereocenters. The molecule has 2 aromatic rings. The number of rotatable bonds is 5. The number of benzene rings is 2. The zero-order valence-electron chi connectivity index (χ0n) is 17.5. The van der Waals surface area contributed by atoms with Gasteiger partial charge in [-0.1, -0.05) is 12.1 Å². The van der Waals surface area contributed by atoms with Gasteiger partial charge in [-0.25, -0.2) is 9.59 Å². The second-order valence-electron chi connectivity index (χ2n) is 7.17. The molecule has 0 saturated heterocycles. The number of hydrogen-bond acceptors (Lipinski definition) is 8. The summed E-state index contributed by atoms with van der Waals surface area (Å²) in [6, 6.07) is 8.83. The molecule has 2 aromatic carbocycles. The number of nitrogens with one attached hydrogen (secondary N) is 2. The number of anilines is 1. The lowest BCUT2D eigenvalue weighted by Crippen LogP contribution is -2.45. The molecule has 0 fully saturated rings. The van der Waals surface area contributed by atoms with Gasteiger partial charge in [0.25, 0.3) is 17.7 Å². The number of urea groups is 1. The van der Waals surface area contributed by atoms with E-state index in [-0.39, 0.29) is 11.1 Å². The maximum Gasteiger partial charge on any atom is 0.329 e. The van der Waals surface area contributed by atoms with Gasteiger partial charge in [0.05, 0.1) is 11.1 Å². The Hall–Kier alpha value is -4.41. The molecule has 2 aliphatic rings. The number of fused-ring (bicyclic) bond motifs is 2. The van der Waals surface area contributed by atoms with E-state index in [9.17, 15) is 24.0 Å². The van der Waals surface area contributed by atoms with Crippen molar-refractivity contribution in [1.29, 1.82) is 0 Å². The Morgan fingerprint density at radius 1 is 1.00 bits per heavy atom. The van der Waals surface area contributed by atoms with E-state index in [4.69, 9.17) is 14.2 Å². The van der Waals surface area contributed by atoms with Crippen LogP contribution in [0.15, 0.2) is 42.5 Å². The number of nitrogens with zero attached hydrogens (tertiary/aromatic N) is 1. The number of amides is 5. The van der Waals surface area contributed by atoms with Crippen molar-refractivity contribution in [3.05, 3.63) is 53.6 Å². The van der Waals surface area contributed by atoms with Crippen LogP contribution in [0.2, 0.25) is 0 Å². The predicted molar refractivity (Wildman–Crippen MR) is 112 cm³/mol. The Labute approximate surface area is 187 Å². The smallest absolute Gasteiger partial charge is 0.329 e. The summed E-state index contributed by atoms with van der Waals surface area (Å²) in [5, 5.41) is 4.47. The Balaban J connectivity index is 1.27. The predicted octanol–water partition coefficient (Wildman–Crippen LogP) is 1.33. The van der Waals surface area contributed by atoms with Crippen LogP contribution in [0.4, 0.5) is 10.5 Å².